The number of nitrogens with zero attached hydrogens (tertiary/aromatic N) is 2. The lowest BCUT2D eigenvalue weighted by Gasteiger charge is -2.39. The summed E-state index contributed by atoms with van der Waals surface area (Å²) in [6.45, 7) is 9.24. The van der Waals surface area contributed by atoms with Crippen molar-refractivity contribution >= 4 is 17.5 Å². The molecule has 2 atom stereocenters. The van der Waals surface area contributed by atoms with E-state index >= 15 is 0 Å². The van der Waals surface area contributed by atoms with Gasteiger partial charge in [-0.15, -0.1) is 5.10 Å². The van der Waals surface area contributed by atoms with E-state index in [0.29, 0.717) is 6.54 Å². The first-order valence-electron chi connectivity index (χ1n) is 9.87. The van der Waals surface area contributed by atoms with Crippen molar-refractivity contribution < 1.29 is 22.7 Å². The second-order valence-corrected chi connectivity index (χ2v) is 9.19. The van der Waals surface area contributed by atoms with Gasteiger partial charge in [-0.25, -0.2) is 4.79 Å². The number of rotatable bonds is 3. The molecule has 2 unspecified atom stereocenters. The molecular formula is C21H28F3N3O2. The van der Waals surface area contributed by atoms with E-state index in [1.54, 1.807) is 6.92 Å². The summed E-state index contributed by atoms with van der Waals surface area (Å²) in [5, 5.41) is 4.21. The second-order valence-electron chi connectivity index (χ2n) is 9.19. The summed E-state index contributed by atoms with van der Waals surface area (Å²) in [5.41, 5.74) is 2.24. The smallest absolute Gasteiger partial charge is 0.416 e. The van der Waals surface area contributed by atoms with Crippen LogP contribution in [0.2, 0.25) is 0 Å². The monoisotopic (exact) mass is 411 g/mol. The predicted molar refractivity (Wildman–Crippen MR) is 105 cm³/mol. The van der Waals surface area contributed by atoms with Crippen LogP contribution in [0.15, 0.2) is 29.4 Å². The first-order chi connectivity index (χ1) is 13.4. The molecule has 1 aliphatic heterocycles. The summed E-state index contributed by atoms with van der Waals surface area (Å²) in [6, 6.07) is 4.90. The Morgan fingerprint density at radius 1 is 1.31 bits per heavy atom. The third-order valence-electron chi connectivity index (χ3n) is 5.63. The topological polar surface area (TPSA) is 53.9 Å². The number of carbonyl (C=O) groups is 1. The summed E-state index contributed by atoms with van der Waals surface area (Å²) in [5.74, 6) is -0.448. The van der Waals surface area contributed by atoms with Crippen LogP contribution < -0.4 is 5.43 Å². The number of alkyl halides is 3. The number of halogens is 3. The first-order valence-corrected chi connectivity index (χ1v) is 9.87. The van der Waals surface area contributed by atoms with Crippen molar-refractivity contribution in [2.45, 2.75) is 59.2 Å². The van der Waals surface area contributed by atoms with Gasteiger partial charge < -0.3 is 9.64 Å². The van der Waals surface area contributed by atoms with Crippen LogP contribution >= 0.6 is 0 Å². The first kappa shape index (κ1) is 21.5. The van der Waals surface area contributed by atoms with Crippen molar-refractivity contribution in [2.24, 2.45) is 15.9 Å². The highest BCUT2D eigenvalue weighted by Gasteiger charge is 2.51. The van der Waals surface area contributed by atoms with Gasteiger partial charge in [0.2, 0.25) is 5.84 Å². The molecule has 2 bridgehead atoms. The fraction of sp³-hybridized carbons (Fsp3) is 0.619. The number of anilines is 1. The van der Waals surface area contributed by atoms with E-state index < -0.39 is 17.7 Å². The van der Waals surface area contributed by atoms with Crippen LogP contribution in [0.3, 0.4) is 0 Å². The maximum absolute atomic E-state index is 13.0. The van der Waals surface area contributed by atoms with E-state index in [0.717, 1.165) is 31.4 Å². The zero-order valence-electron chi connectivity index (χ0n) is 17.3. The number of hydrogen-bond donors (Lipinski definition) is 1. The largest absolute Gasteiger partial charge is 0.460 e. The van der Waals surface area contributed by atoms with Gasteiger partial charge in [0.15, 0.2) is 0 Å². The molecule has 0 aromatic heterocycles. The number of ether oxygens (including phenoxy) is 1. The number of nitrogens with one attached hydrogen (secondary N) is 1. The zero-order valence-corrected chi connectivity index (χ0v) is 17.3. The van der Waals surface area contributed by atoms with Crippen LogP contribution in [-0.2, 0) is 15.7 Å². The van der Waals surface area contributed by atoms with Crippen LogP contribution in [0.25, 0.3) is 0 Å². The van der Waals surface area contributed by atoms with Crippen molar-refractivity contribution in [1.29, 1.82) is 0 Å². The maximum Gasteiger partial charge on any atom is 0.416 e. The van der Waals surface area contributed by atoms with Crippen LogP contribution in [0.5, 0.6) is 0 Å². The normalized spacial score (nSPS) is 26.4. The Morgan fingerprint density at radius 3 is 2.69 bits per heavy atom. The predicted octanol–water partition coefficient (Wildman–Crippen LogP) is 4.89. The summed E-state index contributed by atoms with van der Waals surface area (Å²) in [6.07, 6.45) is -1.52. The highest BCUT2D eigenvalue weighted by atomic mass is 19.4. The van der Waals surface area contributed by atoms with Crippen LogP contribution in [-0.4, -0.2) is 35.9 Å². The fourth-order valence-electron chi connectivity index (χ4n) is 5.01. The van der Waals surface area contributed by atoms with Gasteiger partial charge in [-0.2, -0.15) is 13.2 Å². The van der Waals surface area contributed by atoms with E-state index in [-0.39, 0.29) is 35.0 Å². The zero-order chi connectivity index (χ0) is 21.4. The number of hydrogen-bond acceptors (Lipinski definition) is 4. The number of esters is 1. The van der Waals surface area contributed by atoms with Gasteiger partial charge in [-0.3, -0.25) is 5.43 Å². The molecule has 29 heavy (non-hydrogen) atoms. The van der Waals surface area contributed by atoms with E-state index in [9.17, 15) is 18.0 Å². The Labute approximate surface area is 169 Å². The van der Waals surface area contributed by atoms with Gasteiger partial charge in [0.25, 0.3) is 0 Å². The number of hydrazone groups is 1. The molecular weight excluding hydrogens is 383 g/mol. The second kappa shape index (κ2) is 7.54. The van der Waals surface area contributed by atoms with Crippen molar-refractivity contribution in [3.63, 3.8) is 0 Å². The molecule has 1 aromatic rings. The molecule has 1 aliphatic carbocycles. The standard InChI is InChI=1S/C21H28F3N3O2/c1-5-29-18(28)17(26-25-15-8-6-7-14(9-15)21(22,23)24)27-13-20(4)11-16(27)10-19(2,3)12-20/h6-9,16,25H,5,10-13H2,1-4H3. The van der Waals surface area contributed by atoms with Crippen LogP contribution in [0.4, 0.5) is 18.9 Å². The fourth-order valence-corrected chi connectivity index (χ4v) is 5.01. The van der Waals surface area contributed by atoms with E-state index in [4.69, 9.17) is 4.74 Å². The molecule has 0 amide bonds. The molecule has 1 heterocycles. The molecule has 1 saturated carbocycles. The van der Waals surface area contributed by atoms with Gasteiger partial charge in [0.1, 0.15) is 0 Å². The van der Waals surface area contributed by atoms with E-state index in [1.807, 2.05) is 4.90 Å². The highest BCUT2D eigenvalue weighted by Crippen LogP contribution is 2.52. The SMILES string of the molecule is CCOC(=O)C(=NNc1cccc(C(F)(F)F)c1)N1CC2(C)CC1CC(C)(C)C2. The molecule has 1 saturated heterocycles. The third kappa shape index (κ3) is 4.85. The van der Waals surface area contributed by atoms with Crippen LogP contribution in [0.1, 0.15) is 52.5 Å². The minimum absolute atomic E-state index is 0.0654. The lowest BCUT2D eigenvalue weighted by atomic mass is 9.65. The number of likely N-dealkylation sites (tertiary alicyclic amines) is 1. The minimum Gasteiger partial charge on any atom is -0.460 e. The van der Waals surface area contributed by atoms with Gasteiger partial charge in [-0.05, 0) is 55.2 Å². The molecule has 2 aliphatic rings. The lowest BCUT2D eigenvalue weighted by molar-refractivity contribution is -0.138. The lowest BCUT2D eigenvalue weighted by Crippen LogP contribution is -2.42. The average molecular weight is 411 g/mol. The Kier molecular flexibility index (Phi) is 5.58. The number of carbonyl (C=O) groups excluding carboxylic acids is 1. The van der Waals surface area contributed by atoms with E-state index in [1.165, 1.54) is 12.1 Å². The Hall–Kier alpha value is -2.25. The molecule has 8 heteroatoms. The number of amidine groups is 1. The number of fused-ring (bicyclic) bond motifs is 2. The molecule has 1 aromatic carbocycles. The Balaban J connectivity index is 1.88. The van der Waals surface area contributed by atoms with Crippen molar-refractivity contribution in [3.8, 4) is 0 Å². The van der Waals surface area contributed by atoms with Gasteiger partial charge >= 0.3 is 12.1 Å². The summed E-state index contributed by atoms with van der Waals surface area (Å²) in [7, 11) is 0. The average Bonchev–Trinajstić information content (AvgIpc) is 2.83. The summed E-state index contributed by atoms with van der Waals surface area (Å²) >= 11 is 0. The van der Waals surface area contributed by atoms with Crippen LogP contribution in [0, 0.1) is 10.8 Å². The van der Waals surface area contributed by atoms with Gasteiger partial charge in [0.05, 0.1) is 17.9 Å². The minimum atomic E-state index is -4.45. The number of benzene rings is 1. The summed E-state index contributed by atoms with van der Waals surface area (Å²) in [4.78, 5) is 14.6. The van der Waals surface area contributed by atoms with E-state index in [2.05, 4.69) is 31.3 Å². The quantitative estimate of drug-likeness (QED) is 0.333. The Bertz CT molecular complexity index is 807. The third-order valence-corrected chi connectivity index (χ3v) is 5.63. The molecule has 5 nitrogen and oxygen atoms in total. The molecule has 2 fully saturated rings. The molecule has 1 N–H and O–H groups in total. The molecule has 160 valence electrons. The van der Waals surface area contributed by atoms with Gasteiger partial charge in [0, 0.05) is 12.6 Å². The molecule has 0 spiro atoms. The molecule has 0 radical (unpaired) electrons. The maximum atomic E-state index is 13.0. The van der Waals surface area contributed by atoms with Crippen molar-refractivity contribution in [3.05, 3.63) is 29.8 Å². The Morgan fingerprint density at radius 2 is 2.03 bits per heavy atom. The van der Waals surface area contributed by atoms with Crippen molar-refractivity contribution in [2.75, 3.05) is 18.6 Å². The molecule has 3 rings (SSSR count). The van der Waals surface area contributed by atoms with Crippen molar-refractivity contribution in [1.82, 2.24) is 4.90 Å². The highest BCUT2D eigenvalue weighted by molar-refractivity contribution is 6.35. The summed E-state index contributed by atoms with van der Waals surface area (Å²) < 4.78 is 44.1. The van der Waals surface area contributed by atoms with Gasteiger partial charge in [-0.1, -0.05) is 26.8 Å².